The Morgan fingerprint density at radius 2 is 1.50 bits per heavy atom. The molecule has 0 atom stereocenters. The Bertz CT molecular complexity index is 941. The van der Waals surface area contributed by atoms with Gasteiger partial charge in [-0.1, -0.05) is 60.7 Å². The van der Waals surface area contributed by atoms with Gasteiger partial charge >= 0.3 is 5.95 Å². The Morgan fingerprint density at radius 1 is 0.958 bits per heavy atom. The second-order valence-corrected chi connectivity index (χ2v) is 5.45. The average Bonchev–Trinajstić information content (AvgIpc) is 2.63. The van der Waals surface area contributed by atoms with E-state index >= 15 is 0 Å². The smallest absolute Gasteiger partial charge is 0.304 e. The monoisotopic (exact) mass is 333 g/mol. The molecule has 0 aliphatic heterocycles. The van der Waals surface area contributed by atoms with Gasteiger partial charge in [0.1, 0.15) is 11.6 Å². The first kappa shape index (κ1) is 16.0. The van der Waals surface area contributed by atoms with Gasteiger partial charge in [-0.3, -0.25) is 0 Å². The molecule has 0 bridgehead atoms. The number of hydrogen-bond acceptors (Lipinski definition) is 4. The molecule has 24 heavy (non-hydrogen) atoms. The second-order valence-electron chi connectivity index (χ2n) is 5.08. The van der Waals surface area contributed by atoms with E-state index in [1.165, 1.54) is 0 Å². The molecule has 0 saturated carbocycles. The summed E-state index contributed by atoms with van der Waals surface area (Å²) < 4.78 is 11.5. The van der Waals surface area contributed by atoms with E-state index in [0.717, 1.165) is 22.3 Å². The van der Waals surface area contributed by atoms with Crippen LogP contribution in [-0.4, -0.2) is 6.61 Å². The number of ether oxygens (including phenoxy) is 1. The van der Waals surface area contributed by atoms with E-state index in [0.29, 0.717) is 16.9 Å². The van der Waals surface area contributed by atoms with Gasteiger partial charge in [0.15, 0.2) is 0 Å². The maximum Gasteiger partial charge on any atom is 0.304 e. The first-order chi connectivity index (χ1) is 11.8. The van der Waals surface area contributed by atoms with E-state index < -0.39 is 0 Å². The van der Waals surface area contributed by atoms with Gasteiger partial charge in [-0.15, -0.1) is 0 Å². The summed E-state index contributed by atoms with van der Waals surface area (Å²) in [7, 11) is 0. The largest absolute Gasteiger partial charge is 0.464 e. The number of benzene rings is 2. The van der Waals surface area contributed by atoms with Gasteiger partial charge in [-0.25, -0.2) is 0 Å². The Labute approximate surface area is 145 Å². The molecule has 1 heterocycles. The quantitative estimate of drug-likeness (QED) is 0.582. The Balaban J connectivity index is 2.41. The van der Waals surface area contributed by atoms with Crippen LogP contribution >= 0.6 is 12.2 Å². The van der Waals surface area contributed by atoms with Crippen LogP contribution in [0.4, 0.5) is 0 Å². The van der Waals surface area contributed by atoms with Gasteiger partial charge in [-0.05, 0) is 30.3 Å². The van der Waals surface area contributed by atoms with E-state index in [1.54, 1.807) is 0 Å². The molecule has 0 aliphatic rings. The van der Waals surface area contributed by atoms with Gasteiger partial charge in [0.25, 0.3) is 0 Å². The standard InChI is InChI=1S/C20H15NO2S/c1-2-22-19-16(13-21)17(14-9-5-3-6-10-14)18(20(24)23-19)15-11-7-4-8-12-15/h3-12H,2H2,1H3. The predicted octanol–water partition coefficient (Wildman–Crippen LogP) is 5.61. The molecule has 3 aromatic rings. The average molecular weight is 333 g/mol. The second kappa shape index (κ2) is 7.12. The van der Waals surface area contributed by atoms with Crippen LogP contribution in [0.5, 0.6) is 5.95 Å². The third-order valence-electron chi connectivity index (χ3n) is 3.61. The molecule has 3 nitrogen and oxygen atoms in total. The van der Waals surface area contributed by atoms with E-state index in [9.17, 15) is 5.26 Å². The highest BCUT2D eigenvalue weighted by Crippen LogP contribution is 2.40. The molecule has 0 aliphatic carbocycles. The van der Waals surface area contributed by atoms with Crippen molar-refractivity contribution in [1.29, 1.82) is 5.26 Å². The fourth-order valence-electron chi connectivity index (χ4n) is 2.61. The molecule has 4 heteroatoms. The molecule has 3 rings (SSSR count). The predicted molar refractivity (Wildman–Crippen MR) is 96.3 cm³/mol. The summed E-state index contributed by atoms with van der Waals surface area (Å²) in [5, 5.41) is 9.73. The zero-order chi connectivity index (χ0) is 16.9. The number of nitrogens with zero attached hydrogens (tertiary/aromatic N) is 1. The summed E-state index contributed by atoms with van der Waals surface area (Å²) in [4.78, 5) is 0. The minimum atomic E-state index is 0.170. The third-order valence-corrected chi connectivity index (χ3v) is 3.89. The highest BCUT2D eigenvalue weighted by Gasteiger charge is 2.21. The van der Waals surface area contributed by atoms with Crippen molar-refractivity contribution in [3.05, 3.63) is 70.9 Å². The molecular formula is C20H15NO2S. The minimum Gasteiger partial charge on any atom is -0.464 e. The summed E-state index contributed by atoms with van der Waals surface area (Å²) in [6.45, 7) is 2.24. The summed E-state index contributed by atoms with van der Waals surface area (Å²) in [6, 6.07) is 21.6. The first-order valence-corrected chi connectivity index (χ1v) is 8.02. The lowest BCUT2D eigenvalue weighted by Crippen LogP contribution is -1.99. The van der Waals surface area contributed by atoms with Crippen LogP contribution < -0.4 is 4.74 Å². The maximum absolute atomic E-state index is 9.73. The molecular weight excluding hydrogens is 318 g/mol. The fourth-order valence-corrected chi connectivity index (χ4v) is 2.91. The molecule has 0 N–H and O–H groups in total. The minimum absolute atomic E-state index is 0.170. The van der Waals surface area contributed by atoms with Crippen LogP contribution in [0.15, 0.2) is 65.1 Å². The molecule has 0 radical (unpaired) electrons. The van der Waals surface area contributed by atoms with Crippen LogP contribution in [0.2, 0.25) is 0 Å². The van der Waals surface area contributed by atoms with Crippen molar-refractivity contribution in [2.45, 2.75) is 6.92 Å². The van der Waals surface area contributed by atoms with Crippen molar-refractivity contribution in [3.63, 3.8) is 0 Å². The molecule has 0 fully saturated rings. The van der Waals surface area contributed by atoms with Crippen molar-refractivity contribution in [2.75, 3.05) is 6.61 Å². The van der Waals surface area contributed by atoms with E-state index in [2.05, 4.69) is 6.07 Å². The van der Waals surface area contributed by atoms with E-state index in [4.69, 9.17) is 21.4 Å². The van der Waals surface area contributed by atoms with Gasteiger partial charge in [0.05, 0.1) is 6.61 Å². The van der Waals surface area contributed by atoms with E-state index in [-0.39, 0.29) is 5.95 Å². The lowest BCUT2D eigenvalue weighted by Gasteiger charge is -2.14. The van der Waals surface area contributed by atoms with Gasteiger partial charge in [0.2, 0.25) is 4.71 Å². The summed E-state index contributed by atoms with van der Waals surface area (Å²) in [6.07, 6.45) is 0. The van der Waals surface area contributed by atoms with Crippen molar-refractivity contribution >= 4 is 12.2 Å². The highest BCUT2D eigenvalue weighted by molar-refractivity contribution is 7.71. The van der Waals surface area contributed by atoms with Gasteiger partial charge in [-0.2, -0.15) is 5.26 Å². The summed E-state index contributed by atoms with van der Waals surface area (Å²) in [5.41, 5.74) is 3.64. The third kappa shape index (κ3) is 2.94. The van der Waals surface area contributed by atoms with Crippen LogP contribution in [0, 0.1) is 16.0 Å². The molecule has 0 unspecified atom stereocenters. The SMILES string of the molecule is CCOc1oc(=S)c(-c2ccccc2)c(-c2ccccc2)c1C#N. The zero-order valence-electron chi connectivity index (χ0n) is 13.2. The topological polar surface area (TPSA) is 46.2 Å². The Kier molecular flexibility index (Phi) is 4.74. The highest BCUT2D eigenvalue weighted by atomic mass is 32.1. The first-order valence-electron chi connectivity index (χ1n) is 7.61. The molecule has 0 spiro atoms. The Hall–Kier alpha value is -2.90. The lowest BCUT2D eigenvalue weighted by molar-refractivity contribution is 0.247. The Morgan fingerprint density at radius 3 is 2.00 bits per heavy atom. The van der Waals surface area contributed by atoms with E-state index in [1.807, 2.05) is 67.6 Å². The maximum atomic E-state index is 9.73. The molecule has 118 valence electrons. The van der Waals surface area contributed by atoms with Gasteiger partial charge < -0.3 is 9.15 Å². The molecule has 1 aromatic heterocycles. The molecule has 2 aromatic carbocycles. The van der Waals surface area contributed by atoms with Crippen molar-refractivity contribution in [3.8, 4) is 34.3 Å². The summed E-state index contributed by atoms with van der Waals surface area (Å²) >= 11 is 5.47. The van der Waals surface area contributed by atoms with Crippen molar-refractivity contribution in [1.82, 2.24) is 0 Å². The number of hydrogen-bond donors (Lipinski definition) is 0. The van der Waals surface area contributed by atoms with Crippen molar-refractivity contribution < 1.29 is 9.15 Å². The molecule has 0 saturated heterocycles. The zero-order valence-corrected chi connectivity index (χ0v) is 14.0. The lowest BCUT2D eigenvalue weighted by atomic mass is 9.93. The number of nitriles is 1. The number of rotatable bonds is 4. The van der Waals surface area contributed by atoms with Crippen LogP contribution in [-0.2, 0) is 0 Å². The van der Waals surface area contributed by atoms with Crippen LogP contribution in [0.3, 0.4) is 0 Å². The summed E-state index contributed by atoms with van der Waals surface area (Å²) in [5.74, 6) is 0.170. The van der Waals surface area contributed by atoms with Crippen LogP contribution in [0.1, 0.15) is 12.5 Å². The molecule has 0 amide bonds. The fraction of sp³-hybridized carbons (Fsp3) is 0.100. The van der Waals surface area contributed by atoms with Gasteiger partial charge in [0, 0.05) is 11.1 Å². The van der Waals surface area contributed by atoms with Crippen molar-refractivity contribution in [2.24, 2.45) is 0 Å². The normalized spacial score (nSPS) is 10.2. The van der Waals surface area contributed by atoms with Crippen LogP contribution in [0.25, 0.3) is 22.3 Å².